The largest absolute Gasteiger partial charge is 0.309 e. The SMILES string of the molecule is CCC(C)n1c2c(cc(C(=O)NN)c1=O)CN(C)CC2. The van der Waals surface area contributed by atoms with Crippen LogP contribution in [0.15, 0.2) is 10.9 Å². The summed E-state index contributed by atoms with van der Waals surface area (Å²) >= 11 is 0. The second-order valence-corrected chi connectivity index (χ2v) is 5.42. The van der Waals surface area contributed by atoms with Crippen molar-refractivity contribution in [3.05, 3.63) is 33.2 Å². The van der Waals surface area contributed by atoms with E-state index >= 15 is 0 Å². The number of hydrogen-bond donors (Lipinski definition) is 2. The number of nitrogens with zero attached hydrogens (tertiary/aromatic N) is 2. The molecule has 0 spiro atoms. The highest BCUT2D eigenvalue weighted by atomic mass is 16.2. The van der Waals surface area contributed by atoms with Crippen LogP contribution >= 0.6 is 0 Å². The maximum atomic E-state index is 12.6. The number of nitrogens with two attached hydrogens (primary N) is 1. The second kappa shape index (κ2) is 5.76. The van der Waals surface area contributed by atoms with E-state index in [4.69, 9.17) is 5.84 Å². The quantitative estimate of drug-likeness (QED) is 0.477. The zero-order valence-electron chi connectivity index (χ0n) is 12.3. The Balaban J connectivity index is 2.67. The molecule has 110 valence electrons. The highest BCUT2D eigenvalue weighted by molar-refractivity contribution is 5.93. The Hall–Kier alpha value is -1.66. The maximum Gasteiger partial charge on any atom is 0.270 e. The molecule has 2 rings (SSSR count). The van der Waals surface area contributed by atoms with Crippen molar-refractivity contribution in [1.29, 1.82) is 0 Å². The molecule has 1 aromatic rings. The summed E-state index contributed by atoms with van der Waals surface area (Å²) in [5, 5.41) is 0. The first-order chi connectivity index (χ1) is 9.49. The summed E-state index contributed by atoms with van der Waals surface area (Å²) in [4.78, 5) is 26.5. The Morgan fingerprint density at radius 3 is 2.85 bits per heavy atom. The van der Waals surface area contributed by atoms with E-state index in [1.54, 1.807) is 10.6 Å². The third-order valence-electron chi connectivity index (χ3n) is 4.01. The van der Waals surface area contributed by atoms with E-state index in [0.717, 1.165) is 37.2 Å². The molecule has 1 aliphatic heterocycles. The van der Waals surface area contributed by atoms with E-state index in [9.17, 15) is 9.59 Å². The zero-order chi connectivity index (χ0) is 14.9. The minimum absolute atomic E-state index is 0.0742. The number of amides is 1. The van der Waals surface area contributed by atoms with Crippen molar-refractivity contribution in [1.82, 2.24) is 14.9 Å². The third-order valence-corrected chi connectivity index (χ3v) is 4.01. The number of fused-ring (bicyclic) bond motifs is 1. The van der Waals surface area contributed by atoms with E-state index < -0.39 is 5.91 Å². The number of carbonyl (C=O) groups excluding carboxylic acids is 1. The first kappa shape index (κ1) is 14.7. The van der Waals surface area contributed by atoms with Crippen LogP contribution in [0.2, 0.25) is 0 Å². The van der Waals surface area contributed by atoms with Crippen LogP contribution in [-0.2, 0) is 13.0 Å². The highest BCUT2D eigenvalue weighted by Gasteiger charge is 2.24. The van der Waals surface area contributed by atoms with Crippen molar-refractivity contribution < 1.29 is 4.79 Å². The minimum Gasteiger partial charge on any atom is -0.309 e. The van der Waals surface area contributed by atoms with E-state index in [-0.39, 0.29) is 17.2 Å². The van der Waals surface area contributed by atoms with Crippen molar-refractivity contribution in [2.45, 2.75) is 39.3 Å². The number of carbonyl (C=O) groups is 1. The number of nitrogen functional groups attached to an aromatic ring is 1. The minimum atomic E-state index is -0.525. The van der Waals surface area contributed by atoms with Crippen molar-refractivity contribution in [2.24, 2.45) is 5.84 Å². The van der Waals surface area contributed by atoms with Gasteiger partial charge in [0, 0.05) is 31.2 Å². The molecular formula is C14H22N4O2. The number of nitrogens with one attached hydrogen (secondary N) is 1. The highest BCUT2D eigenvalue weighted by Crippen LogP contribution is 2.21. The molecule has 6 nitrogen and oxygen atoms in total. The molecule has 6 heteroatoms. The molecule has 1 unspecified atom stereocenters. The number of hydrogen-bond acceptors (Lipinski definition) is 4. The van der Waals surface area contributed by atoms with Crippen molar-refractivity contribution in [2.75, 3.05) is 13.6 Å². The van der Waals surface area contributed by atoms with Crippen LogP contribution in [0.4, 0.5) is 0 Å². The van der Waals surface area contributed by atoms with E-state index in [1.807, 2.05) is 20.9 Å². The van der Waals surface area contributed by atoms with Crippen LogP contribution in [0, 0.1) is 0 Å². The average Bonchev–Trinajstić information content (AvgIpc) is 2.45. The monoisotopic (exact) mass is 278 g/mol. The first-order valence-corrected chi connectivity index (χ1v) is 6.96. The molecule has 20 heavy (non-hydrogen) atoms. The number of hydrazine groups is 1. The van der Waals surface area contributed by atoms with Gasteiger partial charge < -0.3 is 9.47 Å². The van der Waals surface area contributed by atoms with Gasteiger partial charge in [0.1, 0.15) is 5.56 Å². The lowest BCUT2D eigenvalue weighted by Crippen LogP contribution is -2.41. The van der Waals surface area contributed by atoms with Crippen LogP contribution in [0.1, 0.15) is 47.9 Å². The van der Waals surface area contributed by atoms with Crippen LogP contribution in [0.5, 0.6) is 0 Å². The van der Waals surface area contributed by atoms with Gasteiger partial charge in [-0.2, -0.15) is 0 Å². The summed E-state index contributed by atoms with van der Waals surface area (Å²) in [5.74, 6) is 4.65. The van der Waals surface area contributed by atoms with Crippen molar-refractivity contribution >= 4 is 5.91 Å². The summed E-state index contributed by atoms with van der Waals surface area (Å²) in [5.41, 5.74) is 4.03. The summed E-state index contributed by atoms with van der Waals surface area (Å²) in [7, 11) is 2.03. The lowest BCUT2D eigenvalue weighted by atomic mass is 10.0. The van der Waals surface area contributed by atoms with E-state index in [2.05, 4.69) is 10.3 Å². The summed E-state index contributed by atoms with van der Waals surface area (Å²) in [6, 6.07) is 1.76. The number of aromatic nitrogens is 1. The van der Waals surface area contributed by atoms with Gasteiger partial charge in [-0.3, -0.25) is 15.0 Å². The lowest BCUT2D eigenvalue weighted by Gasteiger charge is -2.30. The average molecular weight is 278 g/mol. The molecular weight excluding hydrogens is 256 g/mol. The van der Waals surface area contributed by atoms with Crippen LogP contribution in [-0.4, -0.2) is 29.0 Å². The van der Waals surface area contributed by atoms with Gasteiger partial charge in [0.15, 0.2) is 0 Å². The predicted molar refractivity (Wildman–Crippen MR) is 77.4 cm³/mol. The Morgan fingerprint density at radius 2 is 2.25 bits per heavy atom. The zero-order valence-corrected chi connectivity index (χ0v) is 12.3. The van der Waals surface area contributed by atoms with Gasteiger partial charge in [0.25, 0.3) is 11.5 Å². The molecule has 0 bridgehead atoms. The van der Waals surface area contributed by atoms with Gasteiger partial charge in [-0.05, 0) is 32.0 Å². The van der Waals surface area contributed by atoms with E-state index in [1.165, 1.54) is 0 Å². The summed E-state index contributed by atoms with van der Waals surface area (Å²) < 4.78 is 1.77. The molecule has 1 aromatic heterocycles. The first-order valence-electron chi connectivity index (χ1n) is 6.96. The van der Waals surface area contributed by atoms with Gasteiger partial charge in [-0.1, -0.05) is 6.92 Å². The molecule has 0 saturated carbocycles. The second-order valence-electron chi connectivity index (χ2n) is 5.42. The molecule has 0 fully saturated rings. The molecule has 0 saturated heterocycles. The maximum absolute atomic E-state index is 12.6. The summed E-state index contributed by atoms with van der Waals surface area (Å²) in [6.07, 6.45) is 1.67. The molecule has 1 atom stereocenters. The molecule has 3 N–H and O–H groups in total. The number of pyridine rings is 1. The molecule has 2 heterocycles. The smallest absolute Gasteiger partial charge is 0.270 e. The van der Waals surface area contributed by atoms with Crippen LogP contribution in [0.3, 0.4) is 0 Å². The van der Waals surface area contributed by atoms with Gasteiger partial charge in [0.2, 0.25) is 0 Å². The lowest BCUT2D eigenvalue weighted by molar-refractivity contribution is 0.0951. The van der Waals surface area contributed by atoms with Gasteiger partial charge >= 0.3 is 0 Å². The molecule has 0 radical (unpaired) electrons. The van der Waals surface area contributed by atoms with Gasteiger partial charge in [-0.25, -0.2) is 5.84 Å². The van der Waals surface area contributed by atoms with Crippen LogP contribution in [0.25, 0.3) is 0 Å². The predicted octanol–water partition coefficient (Wildman–Crippen LogP) is 0.411. The van der Waals surface area contributed by atoms with Crippen LogP contribution < -0.4 is 16.8 Å². The number of likely N-dealkylation sites (N-methyl/N-ethyl adjacent to an activating group) is 1. The summed E-state index contributed by atoms with van der Waals surface area (Å²) in [6.45, 7) is 5.71. The van der Waals surface area contributed by atoms with Crippen molar-refractivity contribution in [3.8, 4) is 0 Å². The third kappa shape index (κ3) is 2.48. The Bertz CT molecular complexity index is 579. The topological polar surface area (TPSA) is 80.4 Å². The standard InChI is InChI=1S/C14H22N4O2/c1-4-9(2)18-12-5-6-17(3)8-10(12)7-11(14(18)20)13(19)16-15/h7,9H,4-6,8,15H2,1-3H3,(H,16,19). The van der Waals surface area contributed by atoms with Gasteiger partial charge in [-0.15, -0.1) is 0 Å². The normalized spacial score (nSPS) is 16.6. The molecule has 0 aliphatic carbocycles. The fourth-order valence-corrected chi connectivity index (χ4v) is 2.70. The Kier molecular flexibility index (Phi) is 4.25. The Morgan fingerprint density at radius 1 is 1.55 bits per heavy atom. The fraction of sp³-hybridized carbons (Fsp3) is 0.571. The Labute approximate surface area is 118 Å². The molecule has 1 aliphatic rings. The molecule has 0 aromatic carbocycles. The van der Waals surface area contributed by atoms with Crippen molar-refractivity contribution in [3.63, 3.8) is 0 Å². The number of rotatable bonds is 3. The molecule has 1 amide bonds. The van der Waals surface area contributed by atoms with Gasteiger partial charge in [0.05, 0.1) is 0 Å². The van der Waals surface area contributed by atoms with E-state index in [0.29, 0.717) is 0 Å². The fourth-order valence-electron chi connectivity index (χ4n) is 2.70.